The molecule has 0 saturated heterocycles. The molecule has 0 aliphatic carbocycles. The number of hydrogen-bond donors (Lipinski definition) is 1. The van der Waals surface area contributed by atoms with Crippen molar-refractivity contribution in [3.8, 4) is 11.5 Å². The van der Waals surface area contributed by atoms with E-state index < -0.39 is 0 Å². The van der Waals surface area contributed by atoms with Crippen LogP contribution in [0.25, 0.3) is 0 Å². The molecule has 0 amide bonds. The van der Waals surface area contributed by atoms with Crippen molar-refractivity contribution in [1.29, 1.82) is 0 Å². The molecule has 0 aliphatic rings. The number of ether oxygens (including phenoxy) is 2. The average Bonchev–Trinajstić information content (AvgIpc) is 2.68. The summed E-state index contributed by atoms with van der Waals surface area (Å²) >= 11 is 8.26. The Kier molecular flexibility index (Phi) is 7.45. The van der Waals surface area contributed by atoms with Gasteiger partial charge in [0.05, 0.1) is 10.2 Å². The third-order valence-electron chi connectivity index (χ3n) is 4.21. The Balaban J connectivity index is 1.73. The van der Waals surface area contributed by atoms with E-state index in [1.54, 1.807) is 0 Å². The minimum Gasteiger partial charge on any atom is -0.490 e. The zero-order valence-corrected chi connectivity index (χ0v) is 18.9. The van der Waals surface area contributed by atoms with E-state index in [0.717, 1.165) is 43.5 Å². The third kappa shape index (κ3) is 5.79. The van der Waals surface area contributed by atoms with Crippen LogP contribution in [-0.4, -0.2) is 6.61 Å². The molecular weight excluding hydrogens is 485 g/mol. The van der Waals surface area contributed by atoms with Crippen LogP contribution < -0.4 is 14.8 Å². The van der Waals surface area contributed by atoms with E-state index in [1.165, 1.54) is 5.56 Å². The lowest BCUT2D eigenvalue weighted by Crippen LogP contribution is -2.05. The summed E-state index contributed by atoms with van der Waals surface area (Å²) in [6.07, 6.45) is 0. The van der Waals surface area contributed by atoms with Crippen molar-refractivity contribution >= 4 is 39.9 Å². The van der Waals surface area contributed by atoms with Crippen LogP contribution in [0, 0.1) is 10.5 Å². The molecule has 28 heavy (non-hydrogen) atoms. The summed E-state index contributed by atoms with van der Waals surface area (Å²) in [5, 5.41) is 4.18. The zero-order chi connectivity index (χ0) is 19.9. The van der Waals surface area contributed by atoms with Crippen molar-refractivity contribution in [1.82, 2.24) is 0 Å². The monoisotopic (exact) mass is 507 g/mol. The fraction of sp³-hybridized carbons (Fsp3) is 0.217. The van der Waals surface area contributed by atoms with Crippen molar-refractivity contribution < 1.29 is 9.47 Å². The first-order valence-electron chi connectivity index (χ1n) is 9.18. The number of rotatable bonds is 8. The highest BCUT2D eigenvalue weighted by Crippen LogP contribution is 2.35. The van der Waals surface area contributed by atoms with Gasteiger partial charge in [0, 0.05) is 17.3 Å². The molecule has 3 aromatic carbocycles. The van der Waals surface area contributed by atoms with Crippen molar-refractivity contribution in [2.75, 3.05) is 11.9 Å². The minimum absolute atomic E-state index is 0.466. The number of anilines is 1. The predicted molar refractivity (Wildman–Crippen MR) is 125 cm³/mol. The molecule has 3 aromatic rings. The van der Waals surface area contributed by atoms with Gasteiger partial charge in [-0.2, -0.15) is 0 Å². The van der Waals surface area contributed by atoms with Gasteiger partial charge in [-0.05, 0) is 84.0 Å². The molecule has 0 aliphatic heterocycles. The van der Waals surface area contributed by atoms with E-state index in [9.17, 15) is 0 Å². The van der Waals surface area contributed by atoms with Gasteiger partial charge in [-0.15, -0.1) is 0 Å². The predicted octanol–water partition coefficient (Wildman–Crippen LogP) is 6.84. The minimum atomic E-state index is 0.466. The van der Waals surface area contributed by atoms with Crippen LogP contribution in [0.2, 0.25) is 5.02 Å². The molecule has 0 spiro atoms. The maximum Gasteiger partial charge on any atom is 0.174 e. The largest absolute Gasteiger partial charge is 0.490 e. The summed E-state index contributed by atoms with van der Waals surface area (Å²) in [6, 6.07) is 20.2. The maximum atomic E-state index is 6.08. The van der Waals surface area contributed by atoms with E-state index in [2.05, 4.69) is 65.2 Å². The lowest BCUT2D eigenvalue weighted by molar-refractivity contribution is 0.267. The molecule has 0 bridgehead atoms. The fourth-order valence-electron chi connectivity index (χ4n) is 2.74. The van der Waals surface area contributed by atoms with Gasteiger partial charge >= 0.3 is 0 Å². The van der Waals surface area contributed by atoms with Gasteiger partial charge in [0.25, 0.3) is 0 Å². The molecule has 0 atom stereocenters. The van der Waals surface area contributed by atoms with Crippen LogP contribution in [0.15, 0.2) is 60.7 Å². The Labute approximate surface area is 185 Å². The number of halogens is 2. The summed E-state index contributed by atoms with van der Waals surface area (Å²) in [7, 11) is 0. The zero-order valence-electron chi connectivity index (χ0n) is 16.0. The molecule has 0 saturated carbocycles. The standard InChI is InChI=1S/C23H23ClINO2/c1-3-27-22-13-18(14-26-20-10-4-16(2)5-11-20)12-21(25)23(22)28-15-17-6-8-19(24)9-7-17/h4-13,26H,3,14-15H2,1-2H3. The van der Waals surface area contributed by atoms with Gasteiger partial charge in [-0.3, -0.25) is 0 Å². The Morgan fingerprint density at radius 2 is 1.64 bits per heavy atom. The molecule has 0 heterocycles. The molecule has 1 N–H and O–H groups in total. The van der Waals surface area contributed by atoms with Gasteiger partial charge in [0.1, 0.15) is 6.61 Å². The molecule has 146 valence electrons. The van der Waals surface area contributed by atoms with E-state index >= 15 is 0 Å². The highest BCUT2D eigenvalue weighted by atomic mass is 127. The van der Waals surface area contributed by atoms with Crippen LogP contribution in [0.3, 0.4) is 0 Å². The molecular formula is C23H23ClINO2. The lowest BCUT2D eigenvalue weighted by atomic mass is 10.1. The number of aryl methyl sites for hydroxylation is 1. The highest BCUT2D eigenvalue weighted by Gasteiger charge is 2.13. The maximum absolute atomic E-state index is 6.08. The van der Waals surface area contributed by atoms with E-state index in [-0.39, 0.29) is 0 Å². The van der Waals surface area contributed by atoms with Crippen LogP contribution in [0.5, 0.6) is 11.5 Å². The van der Waals surface area contributed by atoms with E-state index in [0.29, 0.717) is 13.2 Å². The van der Waals surface area contributed by atoms with Crippen molar-refractivity contribution in [2.24, 2.45) is 0 Å². The summed E-state index contributed by atoms with van der Waals surface area (Å²) in [6.45, 7) is 5.84. The summed E-state index contributed by atoms with van der Waals surface area (Å²) in [5.74, 6) is 1.54. The second kappa shape index (κ2) is 10.0. The van der Waals surface area contributed by atoms with Crippen molar-refractivity contribution in [2.45, 2.75) is 27.0 Å². The van der Waals surface area contributed by atoms with Crippen LogP contribution in [0.4, 0.5) is 5.69 Å². The molecule has 0 radical (unpaired) electrons. The van der Waals surface area contributed by atoms with Gasteiger partial charge in [-0.1, -0.05) is 41.4 Å². The van der Waals surface area contributed by atoms with Crippen LogP contribution >= 0.6 is 34.2 Å². The van der Waals surface area contributed by atoms with Crippen molar-refractivity contribution in [3.05, 3.63) is 85.9 Å². The first-order valence-corrected chi connectivity index (χ1v) is 10.6. The summed E-state index contributed by atoms with van der Waals surface area (Å²) < 4.78 is 13.0. The highest BCUT2D eigenvalue weighted by molar-refractivity contribution is 14.1. The molecule has 3 rings (SSSR count). The Hall–Kier alpha value is -1.92. The topological polar surface area (TPSA) is 30.5 Å². The smallest absolute Gasteiger partial charge is 0.174 e. The quantitative estimate of drug-likeness (QED) is 0.339. The van der Waals surface area contributed by atoms with Crippen LogP contribution in [-0.2, 0) is 13.2 Å². The molecule has 0 fully saturated rings. The van der Waals surface area contributed by atoms with Crippen LogP contribution in [0.1, 0.15) is 23.6 Å². The Bertz CT molecular complexity index is 911. The average molecular weight is 508 g/mol. The fourth-order valence-corrected chi connectivity index (χ4v) is 3.69. The van der Waals surface area contributed by atoms with Gasteiger partial charge in [-0.25, -0.2) is 0 Å². The van der Waals surface area contributed by atoms with Gasteiger partial charge in [0.15, 0.2) is 11.5 Å². The number of nitrogens with one attached hydrogen (secondary N) is 1. The SMILES string of the molecule is CCOc1cc(CNc2ccc(C)cc2)cc(I)c1OCc1ccc(Cl)cc1. The second-order valence-corrected chi connectivity index (χ2v) is 8.07. The number of hydrogen-bond acceptors (Lipinski definition) is 3. The Morgan fingerprint density at radius 1 is 0.929 bits per heavy atom. The van der Waals surface area contributed by atoms with E-state index in [1.807, 2.05) is 37.3 Å². The first-order chi connectivity index (χ1) is 13.5. The summed E-state index contributed by atoms with van der Waals surface area (Å²) in [5.41, 5.74) is 4.56. The normalized spacial score (nSPS) is 10.6. The molecule has 3 nitrogen and oxygen atoms in total. The van der Waals surface area contributed by atoms with Gasteiger partial charge < -0.3 is 14.8 Å². The number of benzene rings is 3. The molecule has 5 heteroatoms. The second-order valence-electron chi connectivity index (χ2n) is 6.47. The van der Waals surface area contributed by atoms with E-state index in [4.69, 9.17) is 21.1 Å². The third-order valence-corrected chi connectivity index (χ3v) is 5.27. The Morgan fingerprint density at radius 3 is 2.32 bits per heavy atom. The lowest BCUT2D eigenvalue weighted by Gasteiger charge is -2.16. The van der Waals surface area contributed by atoms with Gasteiger partial charge in [0.2, 0.25) is 0 Å². The molecule has 0 aromatic heterocycles. The van der Waals surface area contributed by atoms with Crippen molar-refractivity contribution in [3.63, 3.8) is 0 Å². The first kappa shape index (κ1) is 20.8. The summed E-state index contributed by atoms with van der Waals surface area (Å²) in [4.78, 5) is 0. The molecule has 0 unspecified atom stereocenters.